The molecule has 0 aromatic carbocycles. The summed E-state index contributed by atoms with van der Waals surface area (Å²) in [6.45, 7) is 7.75. The van der Waals surface area contributed by atoms with Gasteiger partial charge in [-0.1, -0.05) is 6.08 Å². The molecule has 0 aliphatic carbocycles. The Balaban J connectivity index is 2.76. The first-order chi connectivity index (χ1) is 10.9. The molecular weight excluding hydrogens is 320 g/mol. The van der Waals surface area contributed by atoms with Gasteiger partial charge in [-0.05, 0) is 33.6 Å². The Hall–Kier alpha value is -0.580. The summed E-state index contributed by atoms with van der Waals surface area (Å²) in [4.78, 5) is 0. The Kier molecular flexibility index (Phi) is 7.33. The zero-order valence-electron chi connectivity index (χ0n) is 14.4. The number of aliphatic hydroxyl groups is 6. The van der Waals surface area contributed by atoms with Crippen molar-refractivity contribution in [2.75, 3.05) is 6.61 Å². The van der Waals surface area contributed by atoms with E-state index in [4.69, 9.17) is 9.47 Å². The molecule has 6 N–H and O–H groups in total. The molecule has 1 saturated heterocycles. The van der Waals surface area contributed by atoms with Crippen LogP contribution in [0.4, 0.5) is 0 Å². The second-order valence-corrected chi connectivity index (χ2v) is 7.04. The zero-order valence-corrected chi connectivity index (χ0v) is 14.4. The number of ether oxygens (including phenoxy) is 2. The molecule has 0 spiro atoms. The Morgan fingerprint density at radius 3 is 2.21 bits per heavy atom. The SMILES string of the molecule is C=C[C@@](C)(CC[C@H](O)C(C)(C)O)O[C@@H]1O[C@H](CO)[C@@H](O)[C@H](O)[C@H]1O. The van der Waals surface area contributed by atoms with E-state index in [0.29, 0.717) is 0 Å². The van der Waals surface area contributed by atoms with E-state index >= 15 is 0 Å². The molecule has 0 bridgehead atoms. The van der Waals surface area contributed by atoms with Crippen LogP contribution in [-0.4, -0.2) is 85.3 Å². The quantitative estimate of drug-likeness (QED) is 0.296. The fourth-order valence-corrected chi connectivity index (χ4v) is 2.42. The minimum absolute atomic E-state index is 0.198. The van der Waals surface area contributed by atoms with Gasteiger partial charge in [0.25, 0.3) is 0 Å². The van der Waals surface area contributed by atoms with Crippen LogP contribution in [0.25, 0.3) is 0 Å². The monoisotopic (exact) mass is 350 g/mol. The third-order valence-corrected chi connectivity index (χ3v) is 4.40. The van der Waals surface area contributed by atoms with Gasteiger partial charge in [0.1, 0.15) is 24.4 Å². The highest BCUT2D eigenvalue weighted by atomic mass is 16.7. The molecule has 1 rings (SSSR count). The molecule has 0 saturated carbocycles. The summed E-state index contributed by atoms with van der Waals surface area (Å²) in [5, 5.41) is 58.5. The number of hydrogen-bond acceptors (Lipinski definition) is 8. The summed E-state index contributed by atoms with van der Waals surface area (Å²) >= 11 is 0. The maximum atomic E-state index is 10.0. The van der Waals surface area contributed by atoms with Crippen molar-refractivity contribution in [3.05, 3.63) is 12.7 Å². The smallest absolute Gasteiger partial charge is 0.187 e. The molecule has 0 amide bonds. The predicted molar refractivity (Wildman–Crippen MR) is 85.0 cm³/mol. The first kappa shape index (κ1) is 21.5. The summed E-state index contributed by atoms with van der Waals surface area (Å²) in [6, 6.07) is 0. The van der Waals surface area contributed by atoms with E-state index in [1.54, 1.807) is 6.92 Å². The van der Waals surface area contributed by atoms with Crippen LogP contribution in [-0.2, 0) is 9.47 Å². The minimum atomic E-state index is -1.53. The van der Waals surface area contributed by atoms with Gasteiger partial charge in [-0.3, -0.25) is 0 Å². The van der Waals surface area contributed by atoms with Gasteiger partial charge in [0, 0.05) is 0 Å². The lowest BCUT2D eigenvalue weighted by molar-refractivity contribution is -0.320. The molecule has 24 heavy (non-hydrogen) atoms. The second kappa shape index (κ2) is 8.20. The molecule has 0 aromatic heterocycles. The molecule has 7 atom stereocenters. The van der Waals surface area contributed by atoms with E-state index < -0.39 is 54.6 Å². The highest BCUT2D eigenvalue weighted by Gasteiger charge is 2.46. The molecule has 1 heterocycles. The van der Waals surface area contributed by atoms with E-state index in [1.165, 1.54) is 19.9 Å². The number of rotatable bonds is 8. The highest BCUT2D eigenvalue weighted by molar-refractivity contribution is 4.97. The summed E-state index contributed by atoms with van der Waals surface area (Å²) in [5.41, 5.74) is -2.30. The lowest BCUT2D eigenvalue weighted by atomic mass is 9.91. The van der Waals surface area contributed by atoms with Crippen molar-refractivity contribution in [3.63, 3.8) is 0 Å². The van der Waals surface area contributed by atoms with Gasteiger partial charge in [-0.15, -0.1) is 6.58 Å². The zero-order chi connectivity index (χ0) is 18.7. The molecule has 8 heteroatoms. The maximum Gasteiger partial charge on any atom is 0.187 e. The van der Waals surface area contributed by atoms with Crippen molar-refractivity contribution in [3.8, 4) is 0 Å². The topological polar surface area (TPSA) is 140 Å². The lowest BCUT2D eigenvalue weighted by Crippen LogP contribution is -2.60. The highest BCUT2D eigenvalue weighted by Crippen LogP contribution is 2.30. The van der Waals surface area contributed by atoms with Crippen LogP contribution in [0.1, 0.15) is 33.6 Å². The third-order valence-electron chi connectivity index (χ3n) is 4.40. The number of hydrogen-bond donors (Lipinski definition) is 6. The summed E-state index contributed by atoms with van der Waals surface area (Å²) in [5.74, 6) is 0. The van der Waals surface area contributed by atoms with Crippen LogP contribution in [0, 0.1) is 0 Å². The fraction of sp³-hybridized carbons (Fsp3) is 0.875. The van der Waals surface area contributed by atoms with Crippen molar-refractivity contribution in [2.24, 2.45) is 0 Å². The van der Waals surface area contributed by atoms with Gasteiger partial charge in [0.15, 0.2) is 6.29 Å². The van der Waals surface area contributed by atoms with Crippen molar-refractivity contribution < 1.29 is 40.1 Å². The van der Waals surface area contributed by atoms with Crippen molar-refractivity contribution >= 4 is 0 Å². The van der Waals surface area contributed by atoms with Crippen molar-refractivity contribution in [2.45, 2.75) is 81.6 Å². The summed E-state index contributed by atoms with van der Waals surface area (Å²) < 4.78 is 11.0. The Morgan fingerprint density at radius 2 is 1.75 bits per heavy atom. The largest absolute Gasteiger partial charge is 0.394 e. The van der Waals surface area contributed by atoms with Gasteiger partial charge in [0.05, 0.1) is 23.9 Å². The van der Waals surface area contributed by atoms with Crippen LogP contribution in [0.5, 0.6) is 0 Å². The summed E-state index contributed by atoms with van der Waals surface area (Å²) in [6.07, 6.45) is -5.93. The molecule has 8 nitrogen and oxygen atoms in total. The standard InChI is InChI=1S/C16H30O8/c1-5-16(4,7-6-10(18)15(2,3)22)24-14-13(21)12(20)11(19)9(8-17)23-14/h5,9-14,17-22H,1,6-8H2,2-4H3/t9-,10+,11-,12+,13-,14+,16+/m1/s1. The molecule has 1 aliphatic rings. The maximum absolute atomic E-state index is 10.0. The van der Waals surface area contributed by atoms with Gasteiger partial charge in [-0.2, -0.15) is 0 Å². The molecule has 142 valence electrons. The van der Waals surface area contributed by atoms with Gasteiger partial charge < -0.3 is 40.1 Å². The second-order valence-electron chi connectivity index (χ2n) is 7.04. The van der Waals surface area contributed by atoms with Gasteiger partial charge >= 0.3 is 0 Å². The molecular formula is C16H30O8. The Bertz CT molecular complexity index is 407. The van der Waals surface area contributed by atoms with Gasteiger partial charge in [-0.25, -0.2) is 0 Å². The molecule has 1 aliphatic heterocycles. The van der Waals surface area contributed by atoms with E-state index in [1.807, 2.05) is 0 Å². The van der Waals surface area contributed by atoms with E-state index in [-0.39, 0.29) is 12.8 Å². The van der Waals surface area contributed by atoms with Crippen LogP contribution >= 0.6 is 0 Å². The summed E-state index contributed by atoms with van der Waals surface area (Å²) in [7, 11) is 0. The average Bonchev–Trinajstić information content (AvgIpc) is 2.52. The van der Waals surface area contributed by atoms with Crippen LogP contribution in [0.15, 0.2) is 12.7 Å². The van der Waals surface area contributed by atoms with Crippen LogP contribution in [0.3, 0.4) is 0 Å². The lowest BCUT2D eigenvalue weighted by Gasteiger charge is -2.43. The van der Waals surface area contributed by atoms with Crippen LogP contribution in [0.2, 0.25) is 0 Å². The van der Waals surface area contributed by atoms with Crippen molar-refractivity contribution in [1.82, 2.24) is 0 Å². The molecule has 0 aromatic rings. The first-order valence-corrected chi connectivity index (χ1v) is 7.97. The Labute approximate surface area is 142 Å². The van der Waals surface area contributed by atoms with E-state index in [0.717, 1.165) is 0 Å². The molecule has 0 unspecified atom stereocenters. The third kappa shape index (κ3) is 5.21. The van der Waals surface area contributed by atoms with Crippen molar-refractivity contribution in [1.29, 1.82) is 0 Å². The Morgan fingerprint density at radius 1 is 1.17 bits per heavy atom. The fourth-order valence-electron chi connectivity index (χ4n) is 2.42. The first-order valence-electron chi connectivity index (χ1n) is 7.97. The molecule has 1 fully saturated rings. The normalized spacial score (nSPS) is 35.3. The van der Waals surface area contributed by atoms with Crippen LogP contribution < -0.4 is 0 Å². The average molecular weight is 350 g/mol. The van der Waals surface area contributed by atoms with E-state index in [9.17, 15) is 30.6 Å². The van der Waals surface area contributed by atoms with Gasteiger partial charge in [0.2, 0.25) is 0 Å². The minimum Gasteiger partial charge on any atom is -0.394 e. The molecule has 0 radical (unpaired) electrons. The van der Waals surface area contributed by atoms with E-state index in [2.05, 4.69) is 6.58 Å². The number of aliphatic hydroxyl groups excluding tert-OH is 5. The predicted octanol–water partition coefficient (Wildman–Crippen LogP) is -1.34.